The second-order valence-electron chi connectivity index (χ2n) is 19.5. The van der Waals surface area contributed by atoms with Gasteiger partial charge >= 0.3 is 0 Å². The molecule has 0 aliphatic carbocycles. The van der Waals surface area contributed by atoms with Gasteiger partial charge in [0.25, 0.3) is 0 Å². The molecule has 6 aromatic carbocycles. The Morgan fingerprint density at radius 2 is 1.19 bits per heavy atom. The van der Waals surface area contributed by atoms with Crippen LogP contribution >= 0.6 is 0 Å². The number of aromatic hydroxyl groups is 1. The first kappa shape index (κ1) is 43.5. The quantitative estimate of drug-likeness (QED) is 0.169. The number of rotatable bonds is 6. The van der Waals surface area contributed by atoms with Gasteiger partial charge in [-0.15, -0.1) is 17.7 Å². The van der Waals surface area contributed by atoms with Crippen molar-refractivity contribution in [1.82, 2.24) is 19.5 Å². The second kappa shape index (κ2) is 16.5. The van der Waals surface area contributed by atoms with Crippen LogP contribution in [0, 0.1) is 6.07 Å². The Hall–Kier alpha value is -6.16. The topological polar surface area (TPSA) is 63.8 Å². The van der Waals surface area contributed by atoms with Gasteiger partial charge in [0.1, 0.15) is 5.75 Å². The molecular formula is C57H53N4OPt-. The van der Waals surface area contributed by atoms with Crippen LogP contribution in [0.1, 0.15) is 79.1 Å². The summed E-state index contributed by atoms with van der Waals surface area (Å²) in [6.45, 7) is 20.1. The van der Waals surface area contributed by atoms with Crippen molar-refractivity contribution in [3.63, 3.8) is 0 Å². The molecule has 5 nitrogen and oxygen atoms in total. The van der Waals surface area contributed by atoms with Crippen molar-refractivity contribution in [2.45, 2.75) is 78.6 Å². The first-order chi connectivity index (χ1) is 29.5. The maximum atomic E-state index is 11.6. The van der Waals surface area contributed by atoms with Gasteiger partial charge in [0, 0.05) is 66.5 Å². The first-order valence-corrected chi connectivity index (χ1v) is 21.5. The molecule has 0 amide bonds. The molecule has 0 radical (unpaired) electrons. The van der Waals surface area contributed by atoms with Crippen LogP contribution in [-0.2, 0) is 37.3 Å². The Balaban J connectivity index is 0.00000544. The number of phenolic OH excluding ortho intramolecular Hbond substituents is 1. The van der Waals surface area contributed by atoms with E-state index in [-0.39, 0.29) is 43.1 Å². The number of benzene rings is 6. The number of aromatic nitrogens is 4. The van der Waals surface area contributed by atoms with Gasteiger partial charge in [-0.3, -0.25) is 15.0 Å². The first-order valence-electron chi connectivity index (χ1n) is 21.5. The number of nitrogens with zero attached hydrogens (tertiary/aromatic N) is 4. The molecular weight excluding hydrogens is 952 g/mol. The van der Waals surface area contributed by atoms with Gasteiger partial charge in [-0.1, -0.05) is 177 Å². The van der Waals surface area contributed by atoms with Crippen molar-refractivity contribution in [2.75, 3.05) is 0 Å². The molecule has 0 aliphatic heterocycles. The van der Waals surface area contributed by atoms with Crippen LogP contribution in [0.5, 0.6) is 5.75 Å². The van der Waals surface area contributed by atoms with Crippen LogP contribution in [0.2, 0.25) is 0 Å². The molecule has 0 aliphatic rings. The van der Waals surface area contributed by atoms with Crippen LogP contribution in [-0.4, -0.2) is 24.6 Å². The van der Waals surface area contributed by atoms with E-state index < -0.39 is 0 Å². The van der Waals surface area contributed by atoms with Gasteiger partial charge in [-0.2, -0.15) is 0 Å². The van der Waals surface area contributed by atoms with Crippen LogP contribution in [0.25, 0.3) is 83.6 Å². The maximum absolute atomic E-state index is 11.6. The van der Waals surface area contributed by atoms with Gasteiger partial charge < -0.3 is 9.67 Å². The predicted octanol–water partition coefficient (Wildman–Crippen LogP) is 14.7. The largest absolute Gasteiger partial charge is 0.507 e. The fraction of sp³-hybridized carbons (Fsp3) is 0.211. The van der Waals surface area contributed by atoms with Crippen molar-refractivity contribution in [1.29, 1.82) is 0 Å². The fourth-order valence-corrected chi connectivity index (χ4v) is 8.27. The third-order valence-corrected chi connectivity index (χ3v) is 11.9. The zero-order valence-corrected chi connectivity index (χ0v) is 39.8. The molecule has 3 aromatic heterocycles. The summed E-state index contributed by atoms with van der Waals surface area (Å²) in [5.74, 6) is 0.844. The number of para-hydroxylation sites is 1. The second-order valence-corrected chi connectivity index (χ2v) is 19.5. The third-order valence-electron chi connectivity index (χ3n) is 11.9. The molecule has 3 heterocycles. The van der Waals surface area contributed by atoms with E-state index in [2.05, 4.69) is 182 Å². The molecule has 1 N–H and O–H groups in total. The smallest absolute Gasteiger partial charge is 0.123 e. The van der Waals surface area contributed by atoms with Crippen LogP contribution < -0.4 is 0 Å². The predicted molar refractivity (Wildman–Crippen MR) is 258 cm³/mol. The van der Waals surface area contributed by atoms with Gasteiger partial charge in [0.05, 0.1) is 16.9 Å². The summed E-state index contributed by atoms with van der Waals surface area (Å²) in [6.07, 6.45) is 1.87. The zero-order valence-electron chi connectivity index (χ0n) is 37.5. The molecule has 0 saturated carbocycles. The molecule has 0 saturated heterocycles. The molecule has 6 heteroatoms. The Kier molecular flexibility index (Phi) is 11.4. The summed E-state index contributed by atoms with van der Waals surface area (Å²) in [5, 5.41) is 12.7. The fourth-order valence-electron chi connectivity index (χ4n) is 8.27. The molecule has 0 fully saturated rings. The number of hydrogen-bond acceptors (Lipinski definition) is 4. The van der Waals surface area contributed by atoms with Gasteiger partial charge in [0.2, 0.25) is 0 Å². The van der Waals surface area contributed by atoms with Crippen LogP contribution in [0.15, 0.2) is 152 Å². The molecule has 318 valence electrons. The van der Waals surface area contributed by atoms with Crippen molar-refractivity contribution in [3.05, 3.63) is 175 Å². The molecule has 0 unspecified atom stereocenters. The van der Waals surface area contributed by atoms with Gasteiger partial charge in [0.15, 0.2) is 0 Å². The summed E-state index contributed by atoms with van der Waals surface area (Å²) in [5.41, 5.74) is 14.8. The Morgan fingerprint density at radius 3 is 1.87 bits per heavy atom. The Labute approximate surface area is 386 Å². The molecule has 9 aromatic rings. The van der Waals surface area contributed by atoms with E-state index in [4.69, 9.17) is 15.0 Å². The van der Waals surface area contributed by atoms with E-state index in [1.54, 1.807) is 6.07 Å². The SMILES string of the molecule is CC(C)(C)c1ccc(-n2c(-c3[c-]c(-c4cc(C(C)(C)C)cc5cccnc45)cc(C(C)(C)C)n3)nc3c(-c4cc(-c5ccccc5)ccc4O)cccc32)c(-c2ccccc2)c1.[Pt]. The normalized spacial score (nSPS) is 12.1. The Morgan fingerprint density at radius 1 is 0.508 bits per heavy atom. The summed E-state index contributed by atoms with van der Waals surface area (Å²) in [4.78, 5) is 16.0. The van der Waals surface area contributed by atoms with Gasteiger partial charge in [-0.05, 0) is 80.3 Å². The number of imidazole rings is 1. The number of hydrogen-bond donors (Lipinski definition) is 1. The van der Waals surface area contributed by atoms with E-state index in [1.807, 2.05) is 36.5 Å². The third kappa shape index (κ3) is 8.40. The summed E-state index contributed by atoms with van der Waals surface area (Å²) >= 11 is 0. The van der Waals surface area contributed by atoms with Crippen molar-refractivity contribution >= 4 is 21.9 Å². The number of fused-ring (bicyclic) bond motifs is 2. The monoisotopic (exact) mass is 1000 g/mol. The van der Waals surface area contributed by atoms with Crippen LogP contribution in [0.4, 0.5) is 0 Å². The molecule has 63 heavy (non-hydrogen) atoms. The molecule has 0 atom stereocenters. The Bertz CT molecular complexity index is 3130. The summed E-state index contributed by atoms with van der Waals surface area (Å²) < 4.78 is 2.25. The zero-order chi connectivity index (χ0) is 43.6. The number of pyridine rings is 2. The van der Waals surface area contributed by atoms with E-state index in [0.29, 0.717) is 17.1 Å². The van der Waals surface area contributed by atoms with E-state index in [1.165, 1.54) is 11.1 Å². The van der Waals surface area contributed by atoms with Crippen molar-refractivity contribution in [2.24, 2.45) is 0 Å². The average molecular weight is 1010 g/mol. The van der Waals surface area contributed by atoms with E-state index in [0.717, 1.165) is 72.3 Å². The van der Waals surface area contributed by atoms with Crippen molar-refractivity contribution < 1.29 is 26.2 Å². The summed E-state index contributed by atoms with van der Waals surface area (Å²) in [7, 11) is 0. The molecule has 9 rings (SSSR count). The van der Waals surface area contributed by atoms with Crippen LogP contribution in [0.3, 0.4) is 0 Å². The molecule has 0 spiro atoms. The molecule has 0 bridgehead atoms. The minimum atomic E-state index is -0.307. The van der Waals surface area contributed by atoms with Crippen molar-refractivity contribution in [3.8, 4) is 67.5 Å². The summed E-state index contributed by atoms with van der Waals surface area (Å²) in [6, 6.07) is 54.4. The van der Waals surface area contributed by atoms with E-state index in [9.17, 15) is 5.11 Å². The number of phenols is 1. The average Bonchev–Trinajstić information content (AvgIpc) is 3.65. The minimum Gasteiger partial charge on any atom is -0.507 e. The van der Waals surface area contributed by atoms with Gasteiger partial charge in [-0.25, -0.2) is 0 Å². The van der Waals surface area contributed by atoms with E-state index >= 15 is 0 Å². The standard InChI is InChI=1S/C57H53N4O.Pt/c1-55(2,3)41-26-27-48(44(34-41)37-20-14-11-15-21-37)61-49-24-16-23-43(46-31-38(25-28-50(46)62)36-18-12-10-13-19-36)53(49)60-54(61)47-32-40(33-51(59-47)57(7,8)9)45-35-42(56(4,5)6)30-39-22-17-29-58-52(39)45;/h10-31,33-35,62H,1-9H3;/q-1;. The minimum absolute atomic E-state index is 0. The maximum Gasteiger partial charge on any atom is 0.123 e.